The number of carbonyl (C=O) groups is 1. The van der Waals surface area contributed by atoms with Gasteiger partial charge in [-0.15, -0.1) is 0 Å². The number of aryl methyl sites for hydroxylation is 1. The van der Waals surface area contributed by atoms with Crippen molar-refractivity contribution in [2.24, 2.45) is 0 Å². The van der Waals surface area contributed by atoms with E-state index in [2.05, 4.69) is 34.5 Å². The molecule has 2 heterocycles. The molecule has 0 aliphatic carbocycles. The lowest BCUT2D eigenvalue weighted by Crippen LogP contribution is -2.38. The SMILES string of the molecule is Cc1ccc(C(=O)N[C@@H](C)c2ccc(N3CCCC3)cc2)cc1N1CCCCS1(=O)=O. The maximum absolute atomic E-state index is 12.9. The van der Waals surface area contributed by atoms with Gasteiger partial charge in [-0.3, -0.25) is 9.10 Å². The maximum atomic E-state index is 12.9. The number of nitrogens with zero attached hydrogens (tertiary/aromatic N) is 2. The van der Waals surface area contributed by atoms with Crippen LogP contribution in [0.2, 0.25) is 0 Å². The van der Waals surface area contributed by atoms with Gasteiger partial charge >= 0.3 is 0 Å². The summed E-state index contributed by atoms with van der Waals surface area (Å²) in [4.78, 5) is 15.3. The van der Waals surface area contributed by atoms with E-state index in [1.54, 1.807) is 12.1 Å². The summed E-state index contributed by atoms with van der Waals surface area (Å²) in [5.74, 6) is -0.0420. The molecule has 4 rings (SSSR count). The highest BCUT2D eigenvalue weighted by molar-refractivity contribution is 7.92. The van der Waals surface area contributed by atoms with Gasteiger partial charge in [0.1, 0.15) is 0 Å². The van der Waals surface area contributed by atoms with Gasteiger partial charge in [0, 0.05) is 30.9 Å². The Morgan fingerprint density at radius 1 is 0.968 bits per heavy atom. The van der Waals surface area contributed by atoms with E-state index in [1.807, 2.05) is 19.9 Å². The summed E-state index contributed by atoms with van der Waals surface area (Å²) in [6.07, 6.45) is 4.00. The molecule has 2 aromatic carbocycles. The van der Waals surface area contributed by atoms with Crippen LogP contribution >= 0.6 is 0 Å². The molecule has 0 saturated carbocycles. The molecular weight excluding hydrogens is 410 g/mol. The van der Waals surface area contributed by atoms with Gasteiger partial charge < -0.3 is 10.2 Å². The molecule has 2 aromatic rings. The Labute approximate surface area is 185 Å². The molecule has 2 aliphatic heterocycles. The highest BCUT2D eigenvalue weighted by atomic mass is 32.2. The summed E-state index contributed by atoms with van der Waals surface area (Å²) >= 11 is 0. The van der Waals surface area contributed by atoms with E-state index in [0.29, 0.717) is 24.2 Å². The van der Waals surface area contributed by atoms with E-state index in [-0.39, 0.29) is 17.7 Å². The van der Waals surface area contributed by atoms with Gasteiger partial charge in [-0.05, 0) is 74.9 Å². The number of amides is 1. The van der Waals surface area contributed by atoms with Crippen molar-refractivity contribution < 1.29 is 13.2 Å². The summed E-state index contributed by atoms with van der Waals surface area (Å²) < 4.78 is 26.5. The standard InChI is InChI=1S/C24H31N3O3S/c1-18-7-8-21(17-23(18)27-15-5-6-16-31(27,29)30)24(28)25-19(2)20-9-11-22(12-10-20)26-13-3-4-14-26/h7-12,17,19H,3-6,13-16H2,1-2H3,(H,25,28)/t19-/m0/s1. The molecule has 7 heteroatoms. The molecule has 0 unspecified atom stereocenters. The predicted molar refractivity (Wildman–Crippen MR) is 125 cm³/mol. The lowest BCUT2D eigenvalue weighted by Gasteiger charge is -2.29. The number of nitrogens with one attached hydrogen (secondary N) is 1. The smallest absolute Gasteiger partial charge is 0.251 e. The Bertz CT molecular complexity index is 1040. The van der Waals surface area contributed by atoms with Gasteiger partial charge in [0.2, 0.25) is 10.0 Å². The highest BCUT2D eigenvalue weighted by Gasteiger charge is 2.27. The van der Waals surface area contributed by atoms with E-state index >= 15 is 0 Å². The minimum absolute atomic E-state index is 0.149. The quantitative estimate of drug-likeness (QED) is 0.761. The average Bonchev–Trinajstić information content (AvgIpc) is 3.29. The monoisotopic (exact) mass is 441 g/mol. The number of rotatable bonds is 5. The van der Waals surface area contributed by atoms with E-state index in [0.717, 1.165) is 30.6 Å². The van der Waals surface area contributed by atoms with Crippen LogP contribution in [-0.2, 0) is 10.0 Å². The van der Waals surface area contributed by atoms with Gasteiger partial charge in [0.15, 0.2) is 0 Å². The number of benzene rings is 2. The van der Waals surface area contributed by atoms with Crippen molar-refractivity contribution >= 4 is 27.3 Å². The zero-order valence-electron chi connectivity index (χ0n) is 18.3. The molecule has 6 nitrogen and oxygen atoms in total. The normalized spacial score (nSPS) is 19.3. The van der Waals surface area contributed by atoms with E-state index in [9.17, 15) is 13.2 Å². The Balaban J connectivity index is 1.48. The minimum Gasteiger partial charge on any atom is -0.372 e. The van der Waals surface area contributed by atoms with Gasteiger partial charge in [0.25, 0.3) is 5.91 Å². The van der Waals surface area contributed by atoms with Gasteiger partial charge in [-0.25, -0.2) is 8.42 Å². The van der Waals surface area contributed by atoms with E-state index < -0.39 is 10.0 Å². The van der Waals surface area contributed by atoms with Crippen LogP contribution < -0.4 is 14.5 Å². The Hall–Kier alpha value is -2.54. The molecule has 31 heavy (non-hydrogen) atoms. The summed E-state index contributed by atoms with van der Waals surface area (Å²) in [6, 6.07) is 13.5. The molecule has 2 saturated heterocycles. The van der Waals surface area contributed by atoms with Crippen molar-refractivity contribution in [3.63, 3.8) is 0 Å². The van der Waals surface area contributed by atoms with Crippen LogP contribution in [0.25, 0.3) is 0 Å². The molecular formula is C24H31N3O3S. The number of hydrogen-bond donors (Lipinski definition) is 1. The first-order valence-electron chi connectivity index (χ1n) is 11.1. The first kappa shape index (κ1) is 21.7. The summed E-state index contributed by atoms with van der Waals surface area (Å²) in [5, 5.41) is 3.05. The number of anilines is 2. The molecule has 0 aromatic heterocycles. The third-order valence-corrected chi connectivity index (χ3v) is 8.16. The Morgan fingerprint density at radius 2 is 1.65 bits per heavy atom. The molecule has 2 fully saturated rings. The van der Waals surface area contributed by atoms with Crippen molar-refractivity contribution in [3.8, 4) is 0 Å². The average molecular weight is 442 g/mol. The second kappa shape index (κ2) is 8.91. The fourth-order valence-corrected chi connectivity index (χ4v) is 6.08. The molecule has 0 radical (unpaired) electrons. The second-order valence-corrected chi connectivity index (χ2v) is 10.6. The van der Waals surface area contributed by atoms with Crippen molar-refractivity contribution in [3.05, 3.63) is 59.2 Å². The highest BCUT2D eigenvalue weighted by Crippen LogP contribution is 2.28. The second-order valence-electron chi connectivity index (χ2n) is 8.58. The number of sulfonamides is 1. The minimum atomic E-state index is -3.32. The number of carbonyl (C=O) groups excluding carboxylic acids is 1. The molecule has 1 atom stereocenters. The summed E-state index contributed by atoms with van der Waals surface area (Å²) in [5.41, 5.74) is 4.21. The zero-order chi connectivity index (χ0) is 22.0. The first-order valence-corrected chi connectivity index (χ1v) is 12.7. The Kier molecular flexibility index (Phi) is 6.23. The molecule has 1 amide bonds. The first-order chi connectivity index (χ1) is 14.8. The van der Waals surface area contributed by atoms with Crippen molar-refractivity contribution in [2.45, 2.75) is 45.6 Å². The molecule has 166 valence electrons. The lowest BCUT2D eigenvalue weighted by molar-refractivity contribution is 0.0940. The van der Waals surface area contributed by atoms with Crippen LogP contribution in [0.15, 0.2) is 42.5 Å². The summed E-state index contributed by atoms with van der Waals surface area (Å²) in [7, 11) is -3.32. The largest absolute Gasteiger partial charge is 0.372 e. The van der Waals surface area contributed by atoms with Crippen molar-refractivity contribution in [2.75, 3.05) is 34.6 Å². The van der Waals surface area contributed by atoms with Gasteiger partial charge in [-0.1, -0.05) is 18.2 Å². The topological polar surface area (TPSA) is 69.7 Å². The molecule has 0 bridgehead atoms. The summed E-state index contributed by atoms with van der Waals surface area (Å²) in [6.45, 7) is 6.52. The molecule has 2 aliphatic rings. The van der Waals surface area contributed by atoms with Gasteiger partial charge in [0.05, 0.1) is 17.5 Å². The molecule has 1 N–H and O–H groups in total. The van der Waals surface area contributed by atoms with E-state index in [4.69, 9.17) is 0 Å². The lowest BCUT2D eigenvalue weighted by atomic mass is 10.1. The van der Waals surface area contributed by atoms with E-state index in [1.165, 1.54) is 22.8 Å². The van der Waals surface area contributed by atoms with Crippen LogP contribution in [0.3, 0.4) is 0 Å². The third kappa shape index (κ3) is 4.71. The number of hydrogen-bond acceptors (Lipinski definition) is 4. The predicted octanol–water partition coefficient (Wildman–Crippen LogP) is 4.02. The fraction of sp³-hybridized carbons (Fsp3) is 0.458. The third-order valence-electron chi connectivity index (χ3n) is 6.30. The fourth-order valence-electron chi connectivity index (χ4n) is 4.39. The molecule has 0 spiro atoms. The van der Waals surface area contributed by atoms with Crippen LogP contribution in [-0.4, -0.2) is 39.7 Å². The Morgan fingerprint density at radius 3 is 2.32 bits per heavy atom. The van der Waals surface area contributed by atoms with Crippen LogP contribution in [0, 0.1) is 6.92 Å². The van der Waals surface area contributed by atoms with Crippen LogP contribution in [0.1, 0.15) is 60.1 Å². The zero-order valence-corrected chi connectivity index (χ0v) is 19.1. The van der Waals surface area contributed by atoms with Crippen LogP contribution in [0.5, 0.6) is 0 Å². The van der Waals surface area contributed by atoms with Gasteiger partial charge in [-0.2, -0.15) is 0 Å². The maximum Gasteiger partial charge on any atom is 0.251 e. The van der Waals surface area contributed by atoms with Crippen molar-refractivity contribution in [1.29, 1.82) is 0 Å². The van der Waals surface area contributed by atoms with Crippen LogP contribution in [0.4, 0.5) is 11.4 Å². The van der Waals surface area contributed by atoms with Crippen molar-refractivity contribution in [1.82, 2.24) is 5.32 Å².